The van der Waals surface area contributed by atoms with Crippen LogP contribution in [0, 0.1) is 0 Å². The van der Waals surface area contributed by atoms with Crippen molar-refractivity contribution in [2.24, 2.45) is 0 Å². The molecule has 2 heterocycles. The molecular formula is C16H14N2O2. The number of carbonyl (C=O) groups is 1. The maximum absolute atomic E-state index is 11.8. The second kappa shape index (κ2) is 5.57. The lowest BCUT2D eigenvalue weighted by Crippen LogP contribution is -2.25. The van der Waals surface area contributed by atoms with Crippen molar-refractivity contribution in [2.75, 3.05) is 6.54 Å². The van der Waals surface area contributed by atoms with Crippen molar-refractivity contribution in [3.63, 3.8) is 0 Å². The van der Waals surface area contributed by atoms with Gasteiger partial charge in [-0.3, -0.25) is 9.78 Å². The SMILES string of the molecule is O=C(NCCc1cc2ccccc2o1)c1cccnc1. The van der Waals surface area contributed by atoms with Gasteiger partial charge in [0.05, 0.1) is 5.56 Å². The molecule has 0 unspecified atom stereocenters. The number of hydrogen-bond acceptors (Lipinski definition) is 3. The van der Waals surface area contributed by atoms with Gasteiger partial charge in [0.1, 0.15) is 11.3 Å². The third-order valence-electron chi connectivity index (χ3n) is 3.06. The maximum atomic E-state index is 11.8. The van der Waals surface area contributed by atoms with Crippen LogP contribution in [0.4, 0.5) is 0 Å². The van der Waals surface area contributed by atoms with Crippen LogP contribution in [0.5, 0.6) is 0 Å². The van der Waals surface area contributed by atoms with E-state index in [1.807, 2.05) is 30.3 Å². The van der Waals surface area contributed by atoms with Gasteiger partial charge < -0.3 is 9.73 Å². The Morgan fingerprint density at radius 3 is 2.90 bits per heavy atom. The summed E-state index contributed by atoms with van der Waals surface area (Å²) in [6.45, 7) is 0.535. The van der Waals surface area contributed by atoms with E-state index in [-0.39, 0.29) is 5.91 Å². The summed E-state index contributed by atoms with van der Waals surface area (Å²) in [6, 6.07) is 13.4. The van der Waals surface area contributed by atoms with Crippen molar-refractivity contribution < 1.29 is 9.21 Å². The van der Waals surface area contributed by atoms with Crippen LogP contribution in [0.15, 0.2) is 59.3 Å². The van der Waals surface area contributed by atoms with E-state index >= 15 is 0 Å². The van der Waals surface area contributed by atoms with E-state index in [1.54, 1.807) is 24.5 Å². The Hall–Kier alpha value is -2.62. The molecule has 0 radical (unpaired) electrons. The number of benzene rings is 1. The van der Waals surface area contributed by atoms with Gasteiger partial charge in [0.25, 0.3) is 5.91 Å². The number of aromatic nitrogens is 1. The minimum absolute atomic E-state index is 0.116. The Morgan fingerprint density at radius 2 is 2.10 bits per heavy atom. The van der Waals surface area contributed by atoms with Crippen LogP contribution in [0.25, 0.3) is 11.0 Å². The normalized spacial score (nSPS) is 10.6. The molecule has 0 spiro atoms. The molecule has 20 heavy (non-hydrogen) atoms. The predicted molar refractivity (Wildman–Crippen MR) is 76.5 cm³/mol. The third kappa shape index (κ3) is 2.69. The standard InChI is InChI=1S/C16H14N2O2/c19-16(13-5-3-8-17-11-13)18-9-7-14-10-12-4-1-2-6-15(12)20-14/h1-6,8,10-11H,7,9H2,(H,18,19). The van der Waals surface area contributed by atoms with Crippen molar-refractivity contribution in [1.29, 1.82) is 0 Å². The highest BCUT2D eigenvalue weighted by Crippen LogP contribution is 2.18. The number of hydrogen-bond donors (Lipinski definition) is 1. The zero-order valence-corrected chi connectivity index (χ0v) is 10.9. The van der Waals surface area contributed by atoms with Crippen LogP contribution in [0.3, 0.4) is 0 Å². The van der Waals surface area contributed by atoms with Crippen molar-refractivity contribution in [2.45, 2.75) is 6.42 Å². The zero-order chi connectivity index (χ0) is 13.8. The predicted octanol–water partition coefficient (Wildman–Crippen LogP) is 2.80. The Kier molecular flexibility index (Phi) is 3.46. The fraction of sp³-hybridized carbons (Fsp3) is 0.125. The summed E-state index contributed by atoms with van der Waals surface area (Å²) in [5.74, 6) is 0.756. The molecule has 0 bridgehead atoms. The first kappa shape index (κ1) is 12.4. The van der Waals surface area contributed by atoms with Crippen molar-refractivity contribution in [3.8, 4) is 0 Å². The molecule has 1 N–H and O–H groups in total. The molecule has 0 fully saturated rings. The highest BCUT2D eigenvalue weighted by atomic mass is 16.3. The lowest BCUT2D eigenvalue weighted by molar-refractivity contribution is 0.0953. The molecule has 4 heteroatoms. The molecule has 3 aromatic rings. The number of pyridine rings is 1. The fourth-order valence-electron chi connectivity index (χ4n) is 2.06. The average molecular weight is 266 g/mol. The first-order valence-corrected chi connectivity index (χ1v) is 6.48. The number of nitrogens with one attached hydrogen (secondary N) is 1. The van der Waals surface area contributed by atoms with Crippen molar-refractivity contribution >= 4 is 16.9 Å². The van der Waals surface area contributed by atoms with Crippen LogP contribution in [0.1, 0.15) is 16.1 Å². The van der Waals surface area contributed by atoms with Gasteiger partial charge in [-0.15, -0.1) is 0 Å². The number of para-hydroxylation sites is 1. The number of furan rings is 1. The topological polar surface area (TPSA) is 55.1 Å². The zero-order valence-electron chi connectivity index (χ0n) is 10.9. The lowest BCUT2D eigenvalue weighted by atomic mass is 10.2. The largest absolute Gasteiger partial charge is 0.461 e. The second-order valence-electron chi connectivity index (χ2n) is 4.50. The van der Waals surface area contributed by atoms with Crippen molar-refractivity contribution in [1.82, 2.24) is 10.3 Å². The minimum Gasteiger partial charge on any atom is -0.461 e. The quantitative estimate of drug-likeness (QED) is 0.790. The molecular weight excluding hydrogens is 252 g/mol. The van der Waals surface area contributed by atoms with E-state index in [4.69, 9.17) is 4.42 Å². The van der Waals surface area contributed by atoms with Gasteiger partial charge in [-0.2, -0.15) is 0 Å². The summed E-state index contributed by atoms with van der Waals surface area (Å²) in [5.41, 5.74) is 1.44. The van der Waals surface area contributed by atoms with Gasteiger partial charge in [0.15, 0.2) is 0 Å². The maximum Gasteiger partial charge on any atom is 0.252 e. The monoisotopic (exact) mass is 266 g/mol. The molecule has 0 aliphatic rings. The summed E-state index contributed by atoms with van der Waals surface area (Å²) < 4.78 is 5.69. The van der Waals surface area contributed by atoms with E-state index in [0.717, 1.165) is 16.7 Å². The number of rotatable bonds is 4. The Labute approximate surface area is 116 Å². The molecule has 2 aromatic heterocycles. The minimum atomic E-state index is -0.116. The Morgan fingerprint density at radius 1 is 1.20 bits per heavy atom. The first-order valence-electron chi connectivity index (χ1n) is 6.48. The molecule has 0 aliphatic carbocycles. The molecule has 1 amide bonds. The number of fused-ring (bicyclic) bond motifs is 1. The Balaban J connectivity index is 1.58. The van der Waals surface area contributed by atoms with Gasteiger partial charge in [-0.1, -0.05) is 18.2 Å². The van der Waals surface area contributed by atoms with Gasteiger partial charge in [-0.25, -0.2) is 0 Å². The number of carbonyl (C=O) groups excluding carboxylic acids is 1. The van der Waals surface area contributed by atoms with Crippen LogP contribution < -0.4 is 5.32 Å². The summed E-state index contributed by atoms with van der Waals surface area (Å²) in [4.78, 5) is 15.7. The molecule has 0 aliphatic heterocycles. The molecule has 0 atom stereocenters. The van der Waals surface area contributed by atoms with Gasteiger partial charge in [0, 0.05) is 30.7 Å². The molecule has 0 saturated carbocycles. The van der Waals surface area contributed by atoms with E-state index in [9.17, 15) is 4.79 Å². The van der Waals surface area contributed by atoms with Crippen LogP contribution >= 0.6 is 0 Å². The molecule has 0 saturated heterocycles. The summed E-state index contributed by atoms with van der Waals surface area (Å²) in [5, 5.41) is 3.94. The summed E-state index contributed by atoms with van der Waals surface area (Å²) >= 11 is 0. The highest BCUT2D eigenvalue weighted by molar-refractivity contribution is 5.93. The van der Waals surface area contributed by atoms with Crippen LogP contribution in [-0.2, 0) is 6.42 Å². The highest BCUT2D eigenvalue weighted by Gasteiger charge is 2.06. The Bertz CT molecular complexity index is 686. The molecule has 4 nitrogen and oxygen atoms in total. The van der Waals surface area contributed by atoms with Gasteiger partial charge >= 0.3 is 0 Å². The van der Waals surface area contributed by atoms with Gasteiger partial charge in [0.2, 0.25) is 0 Å². The lowest BCUT2D eigenvalue weighted by Gasteiger charge is -2.03. The number of amides is 1. The summed E-state index contributed by atoms with van der Waals surface area (Å²) in [7, 11) is 0. The van der Waals surface area contributed by atoms with Crippen LogP contribution in [-0.4, -0.2) is 17.4 Å². The van der Waals surface area contributed by atoms with E-state index in [1.165, 1.54) is 0 Å². The number of nitrogens with zero attached hydrogens (tertiary/aromatic N) is 1. The molecule has 3 rings (SSSR count). The van der Waals surface area contributed by atoms with E-state index in [0.29, 0.717) is 18.5 Å². The average Bonchev–Trinajstić information content (AvgIpc) is 2.90. The van der Waals surface area contributed by atoms with Crippen molar-refractivity contribution in [3.05, 3.63) is 66.2 Å². The summed E-state index contributed by atoms with van der Waals surface area (Å²) in [6.07, 6.45) is 3.86. The second-order valence-corrected chi connectivity index (χ2v) is 4.50. The molecule has 100 valence electrons. The molecule has 1 aromatic carbocycles. The fourth-order valence-corrected chi connectivity index (χ4v) is 2.06. The van der Waals surface area contributed by atoms with Crippen LogP contribution in [0.2, 0.25) is 0 Å². The van der Waals surface area contributed by atoms with Gasteiger partial charge in [-0.05, 0) is 24.3 Å². The van der Waals surface area contributed by atoms with E-state index in [2.05, 4.69) is 10.3 Å². The third-order valence-corrected chi connectivity index (χ3v) is 3.06. The smallest absolute Gasteiger partial charge is 0.252 e. The first-order chi connectivity index (χ1) is 9.83. The van der Waals surface area contributed by atoms with E-state index < -0.39 is 0 Å².